The van der Waals surface area contributed by atoms with Crippen LogP contribution in [0.25, 0.3) is 10.6 Å². The third-order valence-corrected chi connectivity index (χ3v) is 3.65. The maximum atomic E-state index is 5.71. The Balaban J connectivity index is 2.00. The van der Waals surface area contributed by atoms with E-state index in [0.717, 1.165) is 27.9 Å². The zero-order valence-corrected chi connectivity index (χ0v) is 13.4. The summed E-state index contributed by atoms with van der Waals surface area (Å²) >= 11 is 1.59. The Morgan fingerprint density at radius 3 is 2.90 bits per heavy atom. The number of methoxy groups -OCH3 is 1. The first kappa shape index (κ1) is 15.9. The molecule has 0 saturated carbocycles. The molecule has 0 saturated heterocycles. The van der Waals surface area contributed by atoms with E-state index in [1.807, 2.05) is 38.1 Å². The van der Waals surface area contributed by atoms with Gasteiger partial charge in [-0.2, -0.15) is 0 Å². The van der Waals surface area contributed by atoms with Gasteiger partial charge in [-0.1, -0.05) is 23.5 Å². The third-order valence-electron chi connectivity index (χ3n) is 2.68. The van der Waals surface area contributed by atoms with Gasteiger partial charge < -0.3 is 14.8 Å². The number of nitrogens with one attached hydrogen (secondary N) is 1. The van der Waals surface area contributed by atoms with Gasteiger partial charge in [0.25, 0.3) is 0 Å². The van der Waals surface area contributed by atoms with Gasteiger partial charge >= 0.3 is 0 Å². The van der Waals surface area contributed by atoms with Gasteiger partial charge in [0.15, 0.2) is 0 Å². The molecule has 0 unspecified atom stereocenters. The highest BCUT2D eigenvalue weighted by atomic mass is 32.1. The van der Waals surface area contributed by atoms with E-state index in [2.05, 4.69) is 15.5 Å². The minimum atomic E-state index is 0.162. The molecular weight excluding hydrogens is 286 g/mol. The molecule has 0 spiro atoms. The summed E-state index contributed by atoms with van der Waals surface area (Å²) in [4.78, 5) is 0. The van der Waals surface area contributed by atoms with E-state index in [1.165, 1.54) is 0 Å². The molecule has 1 aromatic heterocycles. The van der Waals surface area contributed by atoms with E-state index in [9.17, 15) is 0 Å². The van der Waals surface area contributed by atoms with Crippen molar-refractivity contribution >= 4 is 11.3 Å². The molecule has 0 radical (unpaired) electrons. The second-order valence-electron chi connectivity index (χ2n) is 4.86. The summed E-state index contributed by atoms with van der Waals surface area (Å²) in [5.74, 6) is 0.859. The molecule has 0 amide bonds. The van der Waals surface area contributed by atoms with Crippen molar-refractivity contribution in [1.82, 2.24) is 15.5 Å². The van der Waals surface area contributed by atoms with Gasteiger partial charge in [-0.25, -0.2) is 0 Å². The number of nitrogens with zero attached hydrogens (tertiary/aromatic N) is 2. The molecule has 2 rings (SSSR count). The summed E-state index contributed by atoms with van der Waals surface area (Å²) in [6.07, 6.45) is 0.162. The number of rotatable bonds is 8. The first-order chi connectivity index (χ1) is 10.2. The van der Waals surface area contributed by atoms with Crippen LogP contribution < -0.4 is 10.1 Å². The fourth-order valence-electron chi connectivity index (χ4n) is 1.79. The highest BCUT2D eigenvalue weighted by Gasteiger charge is 2.08. The molecule has 1 N–H and O–H groups in total. The van der Waals surface area contributed by atoms with Gasteiger partial charge in [0.1, 0.15) is 15.8 Å². The van der Waals surface area contributed by atoms with E-state index in [1.54, 1.807) is 18.4 Å². The number of ether oxygens (including phenoxy) is 2. The summed E-state index contributed by atoms with van der Waals surface area (Å²) < 4.78 is 10.7. The summed E-state index contributed by atoms with van der Waals surface area (Å²) in [5.41, 5.74) is 1.04. The van der Waals surface area contributed by atoms with Crippen LogP contribution in [-0.2, 0) is 11.3 Å². The van der Waals surface area contributed by atoms with Crippen LogP contribution >= 0.6 is 11.3 Å². The van der Waals surface area contributed by atoms with Crippen LogP contribution in [0, 0.1) is 0 Å². The standard InChI is InChI=1S/C15H21N3O2S/c1-11(2)20-13-6-4-5-12(9-13)15-18-17-14(21-15)10-16-7-8-19-3/h4-6,9,11,16H,7-8,10H2,1-3H3. The molecule has 21 heavy (non-hydrogen) atoms. The zero-order valence-electron chi connectivity index (χ0n) is 12.6. The predicted octanol–water partition coefficient (Wildman–Crippen LogP) is 2.73. The second-order valence-corrected chi connectivity index (χ2v) is 5.93. The molecular formula is C15H21N3O2S. The lowest BCUT2D eigenvalue weighted by atomic mass is 10.2. The Morgan fingerprint density at radius 2 is 2.14 bits per heavy atom. The van der Waals surface area contributed by atoms with Gasteiger partial charge in [-0.05, 0) is 26.0 Å². The Morgan fingerprint density at radius 1 is 1.29 bits per heavy atom. The van der Waals surface area contributed by atoms with E-state index in [4.69, 9.17) is 9.47 Å². The number of hydrogen-bond acceptors (Lipinski definition) is 6. The Kier molecular flexibility index (Phi) is 6.10. The molecule has 0 fully saturated rings. The van der Waals surface area contributed by atoms with Crippen LogP contribution in [0.2, 0.25) is 0 Å². The molecule has 0 atom stereocenters. The van der Waals surface area contributed by atoms with Crippen molar-refractivity contribution in [3.05, 3.63) is 29.3 Å². The summed E-state index contributed by atoms with van der Waals surface area (Å²) in [6.45, 7) is 6.25. The SMILES string of the molecule is COCCNCc1nnc(-c2cccc(OC(C)C)c2)s1. The lowest BCUT2D eigenvalue weighted by molar-refractivity contribution is 0.199. The second kappa shape index (κ2) is 8.07. The smallest absolute Gasteiger partial charge is 0.147 e. The van der Waals surface area contributed by atoms with Crippen LogP contribution in [0.1, 0.15) is 18.9 Å². The number of benzene rings is 1. The van der Waals surface area contributed by atoms with Gasteiger partial charge in [-0.3, -0.25) is 0 Å². The fraction of sp³-hybridized carbons (Fsp3) is 0.467. The molecule has 114 valence electrons. The Hall–Kier alpha value is -1.50. The lowest BCUT2D eigenvalue weighted by Crippen LogP contribution is -2.18. The monoisotopic (exact) mass is 307 g/mol. The van der Waals surface area contributed by atoms with Crippen molar-refractivity contribution in [2.45, 2.75) is 26.5 Å². The number of aromatic nitrogens is 2. The molecule has 0 bridgehead atoms. The third kappa shape index (κ3) is 5.08. The fourth-order valence-corrected chi connectivity index (χ4v) is 2.59. The van der Waals surface area contributed by atoms with Crippen LogP contribution in [0.5, 0.6) is 5.75 Å². The lowest BCUT2D eigenvalue weighted by Gasteiger charge is -2.09. The van der Waals surface area contributed by atoms with Crippen molar-refractivity contribution in [2.75, 3.05) is 20.3 Å². The maximum absolute atomic E-state index is 5.71. The molecule has 0 aliphatic carbocycles. The Bertz CT molecular complexity index is 557. The van der Waals surface area contributed by atoms with Gasteiger partial charge in [0, 0.05) is 25.8 Å². The van der Waals surface area contributed by atoms with Gasteiger partial charge in [-0.15, -0.1) is 10.2 Å². The topological polar surface area (TPSA) is 56.3 Å². The summed E-state index contributed by atoms with van der Waals surface area (Å²) in [7, 11) is 1.69. The van der Waals surface area contributed by atoms with Crippen molar-refractivity contribution in [3.8, 4) is 16.3 Å². The van der Waals surface area contributed by atoms with E-state index in [0.29, 0.717) is 13.2 Å². The molecule has 1 aromatic carbocycles. The number of hydrogen-bond donors (Lipinski definition) is 1. The Labute approximate surface area is 129 Å². The predicted molar refractivity (Wildman–Crippen MR) is 84.7 cm³/mol. The highest BCUT2D eigenvalue weighted by Crippen LogP contribution is 2.27. The molecule has 5 nitrogen and oxygen atoms in total. The average molecular weight is 307 g/mol. The minimum absolute atomic E-state index is 0.162. The normalized spacial score (nSPS) is 11.0. The van der Waals surface area contributed by atoms with Crippen molar-refractivity contribution in [2.24, 2.45) is 0 Å². The molecule has 0 aliphatic heterocycles. The molecule has 1 heterocycles. The zero-order chi connectivity index (χ0) is 15.1. The van der Waals surface area contributed by atoms with Crippen LogP contribution in [0.15, 0.2) is 24.3 Å². The van der Waals surface area contributed by atoms with Crippen molar-refractivity contribution < 1.29 is 9.47 Å². The molecule has 6 heteroatoms. The quantitative estimate of drug-likeness (QED) is 0.760. The first-order valence-corrected chi connectivity index (χ1v) is 7.80. The van der Waals surface area contributed by atoms with Gasteiger partial charge in [0.05, 0.1) is 12.7 Å². The highest BCUT2D eigenvalue weighted by molar-refractivity contribution is 7.14. The summed E-state index contributed by atoms with van der Waals surface area (Å²) in [6, 6.07) is 7.96. The first-order valence-electron chi connectivity index (χ1n) is 6.98. The van der Waals surface area contributed by atoms with Crippen LogP contribution in [-0.4, -0.2) is 36.6 Å². The largest absolute Gasteiger partial charge is 0.491 e. The maximum Gasteiger partial charge on any atom is 0.147 e. The van der Waals surface area contributed by atoms with E-state index < -0.39 is 0 Å². The summed E-state index contributed by atoms with van der Waals surface area (Å²) in [5, 5.41) is 13.6. The van der Waals surface area contributed by atoms with Crippen LogP contribution in [0.4, 0.5) is 0 Å². The van der Waals surface area contributed by atoms with Crippen LogP contribution in [0.3, 0.4) is 0 Å². The van der Waals surface area contributed by atoms with Gasteiger partial charge in [0.2, 0.25) is 0 Å². The minimum Gasteiger partial charge on any atom is -0.491 e. The van der Waals surface area contributed by atoms with Crippen molar-refractivity contribution in [1.29, 1.82) is 0 Å². The van der Waals surface area contributed by atoms with E-state index in [-0.39, 0.29) is 6.10 Å². The molecule has 0 aliphatic rings. The van der Waals surface area contributed by atoms with Crippen molar-refractivity contribution in [3.63, 3.8) is 0 Å². The average Bonchev–Trinajstić information content (AvgIpc) is 2.92. The molecule has 2 aromatic rings. The van der Waals surface area contributed by atoms with E-state index >= 15 is 0 Å².